The van der Waals surface area contributed by atoms with E-state index in [4.69, 9.17) is 5.73 Å². The van der Waals surface area contributed by atoms with Gasteiger partial charge in [-0.1, -0.05) is 30.3 Å². The van der Waals surface area contributed by atoms with Crippen LogP contribution in [-0.4, -0.2) is 13.3 Å². The maximum absolute atomic E-state index is 12.3. The zero-order chi connectivity index (χ0) is 14.8. The molecule has 0 unspecified atom stereocenters. The van der Waals surface area contributed by atoms with E-state index < -0.39 is 14.8 Å². The molecule has 2 rings (SSSR count). The molecule has 20 heavy (non-hydrogen) atoms. The Kier molecular flexibility index (Phi) is 3.71. The van der Waals surface area contributed by atoms with Crippen LogP contribution in [-0.2, 0) is 15.6 Å². The lowest BCUT2D eigenvalue weighted by Gasteiger charge is -2.06. The number of nitro groups is 1. The van der Waals surface area contributed by atoms with Crippen LogP contribution in [0.4, 0.5) is 11.4 Å². The van der Waals surface area contributed by atoms with Gasteiger partial charge < -0.3 is 5.73 Å². The number of anilines is 1. The summed E-state index contributed by atoms with van der Waals surface area (Å²) in [5.74, 6) is -0.228. The minimum atomic E-state index is -3.68. The molecule has 0 fully saturated rings. The van der Waals surface area contributed by atoms with Crippen LogP contribution < -0.4 is 5.73 Å². The standard InChI is InChI=1S/C13H12N2O4S/c14-11-6-12(15(16)17)8-13(7-11)20(18,19)9-10-4-2-1-3-5-10/h1-8H,9,14H2. The predicted molar refractivity (Wildman–Crippen MR) is 74.8 cm³/mol. The predicted octanol–water partition coefficient (Wildman–Crippen LogP) is 2.15. The molecule has 6 nitrogen and oxygen atoms in total. The van der Waals surface area contributed by atoms with Crippen LogP contribution in [0.3, 0.4) is 0 Å². The molecule has 0 aliphatic rings. The summed E-state index contributed by atoms with van der Waals surface area (Å²) < 4.78 is 24.5. The maximum Gasteiger partial charge on any atom is 0.272 e. The number of hydrogen-bond acceptors (Lipinski definition) is 5. The molecular formula is C13H12N2O4S. The Bertz CT molecular complexity index is 742. The van der Waals surface area contributed by atoms with E-state index in [2.05, 4.69) is 0 Å². The van der Waals surface area contributed by atoms with E-state index in [-0.39, 0.29) is 22.0 Å². The Labute approximate surface area is 115 Å². The van der Waals surface area contributed by atoms with Crippen LogP contribution >= 0.6 is 0 Å². The van der Waals surface area contributed by atoms with E-state index in [1.54, 1.807) is 30.3 Å². The molecule has 2 N–H and O–H groups in total. The van der Waals surface area contributed by atoms with E-state index in [0.29, 0.717) is 5.56 Å². The summed E-state index contributed by atoms with van der Waals surface area (Å²) in [5.41, 5.74) is 5.84. The average Bonchev–Trinajstić information content (AvgIpc) is 2.38. The van der Waals surface area contributed by atoms with Crippen molar-refractivity contribution in [2.75, 3.05) is 5.73 Å². The van der Waals surface area contributed by atoms with Gasteiger partial charge in [-0.05, 0) is 11.6 Å². The van der Waals surface area contributed by atoms with Gasteiger partial charge >= 0.3 is 0 Å². The van der Waals surface area contributed by atoms with E-state index in [1.165, 1.54) is 6.07 Å². The Morgan fingerprint density at radius 3 is 2.35 bits per heavy atom. The number of nitrogen functional groups attached to an aromatic ring is 1. The molecule has 0 aliphatic carbocycles. The number of non-ortho nitro benzene ring substituents is 1. The molecule has 0 bridgehead atoms. The van der Waals surface area contributed by atoms with Crippen molar-refractivity contribution in [1.82, 2.24) is 0 Å². The lowest BCUT2D eigenvalue weighted by molar-refractivity contribution is -0.385. The first-order valence-electron chi connectivity index (χ1n) is 5.70. The van der Waals surface area contributed by atoms with Crippen LogP contribution in [0.2, 0.25) is 0 Å². The monoisotopic (exact) mass is 292 g/mol. The van der Waals surface area contributed by atoms with Crippen LogP contribution in [0.5, 0.6) is 0 Å². The Morgan fingerprint density at radius 1 is 1.10 bits per heavy atom. The van der Waals surface area contributed by atoms with Crippen LogP contribution in [0.1, 0.15) is 5.56 Å². The molecule has 104 valence electrons. The second-order valence-corrected chi connectivity index (χ2v) is 6.25. The lowest BCUT2D eigenvalue weighted by atomic mass is 10.2. The highest BCUT2D eigenvalue weighted by atomic mass is 32.2. The normalized spacial score (nSPS) is 11.2. The summed E-state index contributed by atoms with van der Waals surface area (Å²) in [6.07, 6.45) is 0. The van der Waals surface area contributed by atoms with Gasteiger partial charge in [0.2, 0.25) is 0 Å². The first-order chi connectivity index (χ1) is 9.38. The Hall–Kier alpha value is -2.41. The number of hydrogen-bond donors (Lipinski definition) is 1. The second-order valence-electron chi connectivity index (χ2n) is 4.26. The molecule has 0 radical (unpaired) electrons. The van der Waals surface area contributed by atoms with Crippen LogP contribution in [0.25, 0.3) is 0 Å². The highest BCUT2D eigenvalue weighted by molar-refractivity contribution is 7.90. The summed E-state index contributed by atoms with van der Waals surface area (Å²) >= 11 is 0. The van der Waals surface area contributed by atoms with Gasteiger partial charge in [0.25, 0.3) is 5.69 Å². The minimum absolute atomic E-state index is 0.0471. The number of nitro benzene ring substituents is 1. The summed E-state index contributed by atoms with van der Waals surface area (Å²) in [4.78, 5) is 9.93. The van der Waals surface area contributed by atoms with Crippen molar-refractivity contribution in [2.24, 2.45) is 0 Å². The van der Waals surface area contributed by atoms with E-state index in [9.17, 15) is 18.5 Å². The fourth-order valence-electron chi connectivity index (χ4n) is 1.77. The minimum Gasteiger partial charge on any atom is -0.398 e. The van der Waals surface area contributed by atoms with Crippen molar-refractivity contribution in [3.63, 3.8) is 0 Å². The average molecular weight is 292 g/mol. The molecule has 2 aromatic rings. The van der Waals surface area contributed by atoms with E-state index in [0.717, 1.165) is 12.1 Å². The van der Waals surface area contributed by atoms with Gasteiger partial charge in [0.15, 0.2) is 9.84 Å². The number of rotatable bonds is 4. The highest BCUT2D eigenvalue weighted by Gasteiger charge is 2.19. The Balaban J connectivity index is 2.42. The van der Waals surface area contributed by atoms with Gasteiger partial charge in [-0.2, -0.15) is 0 Å². The largest absolute Gasteiger partial charge is 0.398 e. The quantitative estimate of drug-likeness (QED) is 0.528. The number of nitrogens with two attached hydrogens (primary N) is 1. The summed E-state index contributed by atoms with van der Waals surface area (Å²) in [6.45, 7) is 0. The number of sulfone groups is 1. The molecule has 0 atom stereocenters. The van der Waals surface area contributed by atoms with Crippen molar-refractivity contribution in [2.45, 2.75) is 10.6 Å². The van der Waals surface area contributed by atoms with E-state index >= 15 is 0 Å². The molecular weight excluding hydrogens is 280 g/mol. The summed E-state index contributed by atoms with van der Waals surface area (Å²) in [6, 6.07) is 12.0. The zero-order valence-electron chi connectivity index (χ0n) is 10.4. The molecule has 7 heteroatoms. The molecule has 2 aromatic carbocycles. The van der Waals surface area contributed by atoms with Gasteiger partial charge in [0, 0.05) is 17.8 Å². The zero-order valence-corrected chi connectivity index (χ0v) is 11.2. The van der Waals surface area contributed by atoms with Gasteiger partial charge in [-0.15, -0.1) is 0 Å². The third kappa shape index (κ3) is 3.12. The van der Waals surface area contributed by atoms with Gasteiger partial charge in [0.1, 0.15) is 0 Å². The smallest absolute Gasteiger partial charge is 0.272 e. The summed E-state index contributed by atoms with van der Waals surface area (Å²) in [7, 11) is -3.68. The fraction of sp³-hybridized carbons (Fsp3) is 0.0769. The van der Waals surface area contributed by atoms with Gasteiger partial charge in [-0.3, -0.25) is 10.1 Å². The summed E-state index contributed by atoms with van der Waals surface area (Å²) in [5, 5.41) is 10.7. The fourth-order valence-corrected chi connectivity index (χ4v) is 3.18. The lowest BCUT2D eigenvalue weighted by Crippen LogP contribution is -2.06. The Morgan fingerprint density at radius 2 is 1.75 bits per heavy atom. The molecule has 0 spiro atoms. The molecule has 0 heterocycles. The first kappa shape index (κ1) is 14.0. The van der Waals surface area contributed by atoms with Crippen molar-refractivity contribution < 1.29 is 13.3 Å². The van der Waals surface area contributed by atoms with Crippen molar-refractivity contribution in [3.8, 4) is 0 Å². The maximum atomic E-state index is 12.3. The van der Waals surface area contributed by atoms with Gasteiger partial charge in [-0.25, -0.2) is 8.42 Å². The van der Waals surface area contributed by atoms with Crippen molar-refractivity contribution >= 4 is 21.2 Å². The molecule has 0 amide bonds. The highest BCUT2D eigenvalue weighted by Crippen LogP contribution is 2.24. The number of benzene rings is 2. The molecule has 0 saturated carbocycles. The third-order valence-electron chi connectivity index (χ3n) is 2.68. The molecule has 0 saturated heterocycles. The van der Waals surface area contributed by atoms with Crippen molar-refractivity contribution in [1.29, 1.82) is 0 Å². The molecule has 0 aromatic heterocycles. The van der Waals surface area contributed by atoms with Crippen LogP contribution in [0, 0.1) is 10.1 Å². The third-order valence-corrected chi connectivity index (χ3v) is 4.35. The SMILES string of the molecule is Nc1cc([N+](=O)[O-])cc(S(=O)(=O)Cc2ccccc2)c1. The molecule has 0 aliphatic heterocycles. The second kappa shape index (κ2) is 5.30. The number of nitrogens with zero attached hydrogens (tertiary/aromatic N) is 1. The first-order valence-corrected chi connectivity index (χ1v) is 7.35. The topological polar surface area (TPSA) is 103 Å². The van der Waals surface area contributed by atoms with Crippen molar-refractivity contribution in [3.05, 3.63) is 64.2 Å². The van der Waals surface area contributed by atoms with Crippen LogP contribution in [0.15, 0.2) is 53.4 Å². The van der Waals surface area contributed by atoms with Gasteiger partial charge in [0.05, 0.1) is 15.6 Å². The van der Waals surface area contributed by atoms with E-state index in [1.807, 2.05) is 0 Å².